The van der Waals surface area contributed by atoms with E-state index in [1.54, 1.807) is 6.92 Å². The third kappa shape index (κ3) is 2.19. The summed E-state index contributed by atoms with van der Waals surface area (Å²) >= 11 is 0. The van der Waals surface area contributed by atoms with Crippen molar-refractivity contribution in [1.82, 2.24) is 0 Å². The van der Waals surface area contributed by atoms with Crippen molar-refractivity contribution in [3.8, 4) is 0 Å². The van der Waals surface area contributed by atoms with Gasteiger partial charge in [-0.15, -0.1) is 0 Å². The zero-order valence-corrected chi connectivity index (χ0v) is 13.0. The highest BCUT2D eigenvalue weighted by molar-refractivity contribution is 5.75. The first kappa shape index (κ1) is 15.3. The first-order valence-corrected chi connectivity index (χ1v) is 7.73. The number of carbonyl (C=O) groups is 2. The fraction of sp³-hybridized carbons (Fsp3) is 0.647. The number of aliphatic hydroxyl groups excluding tert-OH is 1. The van der Waals surface area contributed by atoms with E-state index in [0.717, 1.165) is 11.1 Å². The monoisotopic (exact) mass is 306 g/mol. The summed E-state index contributed by atoms with van der Waals surface area (Å²) in [5, 5.41) is 10.5. The van der Waals surface area contributed by atoms with Crippen LogP contribution in [0.1, 0.15) is 26.7 Å². The lowest BCUT2D eigenvalue weighted by atomic mass is 9.79. The average Bonchev–Trinajstić information content (AvgIpc) is 2.85. The topological polar surface area (TPSA) is 72.8 Å². The van der Waals surface area contributed by atoms with Gasteiger partial charge < -0.3 is 14.6 Å². The van der Waals surface area contributed by atoms with Gasteiger partial charge in [0.25, 0.3) is 0 Å². The molecule has 120 valence electrons. The van der Waals surface area contributed by atoms with Crippen molar-refractivity contribution in [3.63, 3.8) is 0 Å². The molecule has 1 heterocycles. The van der Waals surface area contributed by atoms with Gasteiger partial charge in [-0.2, -0.15) is 0 Å². The Kier molecular flexibility index (Phi) is 3.63. The zero-order valence-electron chi connectivity index (χ0n) is 13.0. The second-order valence-corrected chi connectivity index (χ2v) is 6.74. The number of esters is 2. The molecule has 7 unspecified atom stereocenters. The molecule has 1 aliphatic heterocycles. The maximum absolute atomic E-state index is 12.0. The maximum Gasteiger partial charge on any atom is 0.309 e. The molecule has 0 spiro atoms. The zero-order chi connectivity index (χ0) is 16.2. The van der Waals surface area contributed by atoms with Gasteiger partial charge in [0, 0.05) is 18.8 Å². The average molecular weight is 306 g/mol. The van der Waals surface area contributed by atoms with Gasteiger partial charge in [0.1, 0.15) is 12.2 Å². The van der Waals surface area contributed by atoms with Crippen molar-refractivity contribution >= 4 is 11.9 Å². The van der Waals surface area contributed by atoms with E-state index in [0.29, 0.717) is 12.8 Å². The van der Waals surface area contributed by atoms with Crippen LogP contribution in [0, 0.1) is 23.7 Å². The Hall–Kier alpha value is -1.62. The molecule has 22 heavy (non-hydrogen) atoms. The van der Waals surface area contributed by atoms with Gasteiger partial charge in [0.15, 0.2) is 0 Å². The quantitative estimate of drug-likeness (QED) is 0.588. The Morgan fingerprint density at radius 3 is 2.73 bits per heavy atom. The van der Waals surface area contributed by atoms with E-state index in [1.165, 1.54) is 6.92 Å². The molecular formula is C17H22O5. The summed E-state index contributed by atoms with van der Waals surface area (Å²) in [7, 11) is 0. The first-order valence-electron chi connectivity index (χ1n) is 7.73. The predicted octanol–water partition coefficient (Wildman–Crippen LogP) is 1.61. The largest absolute Gasteiger partial charge is 0.461 e. The Bertz CT molecular complexity index is 551. The molecule has 5 nitrogen and oxygen atoms in total. The molecule has 0 radical (unpaired) electrons. The Labute approximate surface area is 130 Å². The van der Waals surface area contributed by atoms with E-state index in [9.17, 15) is 14.7 Å². The molecule has 3 aliphatic rings. The minimum Gasteiger partial charge on any atom is -0.461 e. The van der Waals surface area contributed by atoms with E-state index in [4.69, 9.17) is 9.47 Å². The number of fused-ring (bicyclic) bond motifs is 3. The molecule has 0 aromatic carbocycles. The molecule has 7 atom stereocenters. The van der Waals surface area contributed by atoms with Crippen LogP contribution in [-0.2, 0) is 19.1 Å². The van der Waals surface area contributed by atoms with E-state index >= 15 is 0 Å². The number of hydrogen-bond donors (Lipinski definition) is 1. The maximum atomic E-state index is 12.0. The van der Waals surface area contributed by atoms with Gasteiger partial charge in [-0.25, -0.2) is 0 Å². The summed E-state index contributed by atoms with van der Waals surface area (Å²) in [6.45, 7) is 11.4. The van der Waals surface area contributed by atoms with Crippen LogP contribution in [0.2, 0.25) is 0 Å². The van der Waals surface area contributed by atoms with Crippen LogP contribution < -0.4 is 0 Å². The standard InChI is InChI=1S/C17H22O5/c1-7-5-12(19)15-9(3)17(20)22-16(15)14-8(2)13(6-11(7)14)21-10(4)18/h9,11-16,19H,1-2,5-6H2,3-4H3. The van der Waals surface area contributed by atoms with Crippen LogP contribution >= 0.6 is 0 Å². The summed E-state index contributed by atoms with van der Waals surface area (Å²) in [6, 6.07) is 0. The van der Waals surface area contributed by atoms with E-state index < -0.39 is 12.2 Å². The number of ether oxygens (including phenoxy) is 2. The molecule has 0 amide bonds. The van der Waals surface area contributed by atoms with Crippen molar-refractivity contribution in [3.05, 3.63) is 24.3 Å². The highest BCUT2D eigenvalue weighted by Gasteiger charge is 2.57. The van der Waals surface area contributed by atoms with Crippen LogP contribution in [0.25, 0.3) is 0 Å². The summed E-state index contributed by atoms with van der Waals surface area (Å²) in [4.78, 5) is 23.2. The lowest BCUT2D eigenvalue weighted by molar-refractivity contribution is -0.146. The summed E-state index contributed by atoms with van der Waals surface area (Å²) in [6.07, 6.45) is -0.359. The molecule has 1 saturated heterocycles. The van der Waals surface area contributed by atoms with E-state index in [2.05, 4.69) is 13.2 Å². The molecule has 0 aromatic heterocycles. The molecule has 0 bridgehead atoms. The van der Waals surface area contributed by atoms with Crippen molar-refractivity contribution < 1.29 is 24.2 Å². The summed E-state index contributed by atoms with van der Waals surface area (Å²) < 4.78 is 10.9. The number of carbonyl (C=O) groups excluding carboxylic acids is 2. The Morgan fingerprint density at radius 2 is 2.09 bits per heavy atom. The van der Waals surface area contributed by atoms with Gasteiger partial charge in [-0.05, 0) is 24.3 Å². The molecule has 1 N–H and O–H groups in total. The number of rotatable bonds is 1. The summed E-state index contributed by atoms with van der Waals surface area (Å²) in [5.41, 5.74) is 1.69. The number of aliphatic hydroxyl groups is 1. The van der Waals surface area contributed by atoms with Crippen molar-refractivity contribution in [1.29, 1.82) is 0 Å². The van der Waals surface area contributed by atoms with Gasteiger partial charge in [0.05, 0.1) is 12.0 Å². The van der Waals surface area contributed by atoms with Crippen molar-refractivity contribution in [2.75, 3.05) is 0 Å². The fourth-order valence-corrected chi connectivity index (χ4v) is 4.37. The predicted molar refractivity (Wildman–Crippen MR) is 78.6 cm³/mol. The van der Waals surface area contributed by atoms with Crippen molar-refractivity contribution in [2.45, 2.75) is 45.0 Å². The SMILES string of the molecule is C=C1CC(O)C2C(C)C(=O)OC2C2C(=C)C(OC(C)=O)CC12. The minimum absolute atomic E-state index is 0.0274. The third-order valence-electron chi connectivity index (χ3n) is 5.43. The van der Waals surface area contributed by atoms with E-state index in [1.807, 2.05) is 0 Å². The lowest BCUT2D eigenvalue weighted by Crippen LogP contribution is -2.35. The molecule has 2 aliphatic carbocycles. The second kappa shape index (κ2) is 5.23. The first-order chi connectivity index (χ1) is 10.3. The molecule has 2 saturated carbocycles. The van der Waals surface area contributed by atoms with Crippen LogP contribution in [0.3, 0.4) is 0 Å². The minimum atomic E-state index is -0.635. The van der Waals surface area contributed by atoms with Crippen LogP contribution in [-0.4, -0.2) is 35.4 Å². The summed E-state index contributed by atoms with van der Waals surface area (Å²) in [5.74, 6) is -1.32. The number of hydrogen-bond acceptors (Lipinski definition) is 5. The highest BCUT2D eigenvalue weighted by Crippen LogP contribution is 2.52. The Morgan fingerprint density at radius 1 is 1.41 bits per heavy atom. The third-order valence-corrected chi connectivity index (χ3v) is 5.43. The molecular weight excluding hydrogens is 284 g/mol. The fourth-order valence-electron chi connectivity index (χ4n) is 4.37. The normalized spacial score (nSPS) is 44.1. The Balaban J connectivity index is 1.95. The molecule has 3 fully saturated rings. The van der Waals surface area contributed by atoms with Crippen LogP contribution in [0.4, 0.5) is 0 Å². The second-order valence-electron chi connectivity index (χ2n) is 6.74. The van der Waals surface area contributed by atoms with Gasteiger partial charge in [-0.1, -0.05) is 25.7 Å². The highest BCUT2D eigenvalue weighted by atomic mass is 16.6. The van der Waals surface area contributed by atoms with Gasteiger partial charge in [-0.3, -0.25) is 9.59 Å². The van der Waals surface area contributed by atoms with Gasteiger partial charge in [0.2, 0.25) is 0 Å². The smallest absolute Gasteiger partial charge is 0.309 e. The molecule has 0 aromatic rings. The molecule has 5 heteroatoms. The van der Waals surface area contributed by atoms with E-state index in [-0.39, 0.29) is 41.7 Å². The van der Waals surface area contributed by atoms with Gasteiger partial charge >= 0.3 is 11.9 Å². The van der Waals surface area contributed by atoms with Crippen LogP contribution in [0.15, 0.2) is 24.3 Å². The lowest BCUT2D eigenvalue weighted by Gasteiger charge is -2.27. The van der Waals surface area contributed by atoms with Crippen molar-refractivity contribution in [2.24, 2.45) is 23.7 Å². The van der Waals surface area contributed by atoms with Crippen LogP contribution in [0.5, 0.6) is 0 Å². The molecule has 3 rings (SSSR count).